The fourth-order valence-corrected chi connectivity index (χ4v) is 3.25. The van der Waals surface area contributed by atoms with E-state index < -0.39 is 0 Å². The summed E-state index contributed by atoms with van der Waals surface area (Å²) >= 11 is 7.54. The molecule has 23 heavy (non-hydrogen) atoms. The van der Waals surface area contributed by atoms with Crippen molar-refractivity contribution in [2.24, 2.45) is 0 Å². The van der Waals surface area contributed by atoms with E-state index in [0.717, 1.165) is 22.6 Å². The van der Waals surface area contributed by atoms with Crippen LogP contribution in [0.25, 0.3) is 0 Å². The van der Waals surface area contributed by atoms with E-state index >= 15 is 0 Å². The molecule has 0 fully saturated rings. The van der Waals surface area contributed by atoms with E-state index in [1.165, 1.54) is 17.3 Å². The topological polar surface area (TPSA) is 38.3 Å². The van der Waals surface area contributed by atoms with Gasteiger partial charge in [0.1, 0.15) is 5.75 Å². The summed E-state index contributed by atoms with van der Waals surface area (Å²) in [5.74, 6) is 1.83. The third-order valence-electron chi connectivity index (χ3n) is 3.39. The summed E-state index contributed by atoms with van der Waals surface area (Å²) in [6, 6.07) is 11.5. The summed E-state index contributed by atoms with van der Waals surface area (Å²) in [6.45, 7) is 4.03. The lowest BCUT2D eigenvalue weighted by atomic mass is 10.1. The van der Waals surface area contributed by atoms with Gasteiger partial charge in [-0.1, -0.05) is 29.3 Å². The molecule has 2 rings (SSSR count). The normalized spacial score (nSPS) is 10.4. The Morgan fingerprint density at radius 2 is 2.00 bits per heavy atom. The number of carbonyl (C=O) groups excluding carboxylic acids is 1. The van der Waals surface area contributed by atoms with Gasteiger partial charge in [0.05, 0.1) is 12.9 Å². The largest absolute Gasteiger partial charge is 0.496 e. The number of anilines is 1. The van der Waals surface area contributed by atoms with E-state index in [4.69, 9.17) is 16.3 Å². The molecule has 2 aromatic carbocycles. The molecule has 5 heteroatoms. The van der Waals surface area contributed by atoms with Gasteiger partial charge in [-0.3, -0.25) is 4.79 Å². The number of carbonyl (C=O) groups is 1. The van der Waals surface area contributed by atoms with Gasteiger partial charge >= 0.3 is 0 Å². The van der Waals surface area contributed by atoms with Crippen molar-refractivity contribution in [1.29, 1.82) is 0 Å². The number of nitrogens with one attached hydrogen (secondary N) is 1. The molecule has 0 saturated heterocycles. The van der Waals surface area contributed by atoms with Crippen molar-refractivity contribution in [3.8, 4) is 5.75 Å². The molecule has 0 aromatic heterocycles. The molecule has 0 radical (unpaired) electrons. The molecule has 0 spiro atoms. The molecule has 0 saturated carbocycles. The number of methoxy groups -OCH3 is 1. The maximum Gasteiger partial charge on any atom is 0.234 e. The summed E-state index contributed by atoms with van der Waals surface area (Å²) in [7, 11) is 1.63. The average Bonchev–Trinajstić information content (AvgIpc) is 2.50. The fraction of sp³-hybridized carbons (Fsp3) is 0.278. The first kappa shape index (κ1) is 17.7. The van der Waals surface area contributed by atoms with Gasteiger partial charge in [0, 0.05) is 22.0 Å². The molecule has 2 aromatic rings. The van der Waals surface area contributed by atoms with Gasteiger partial charge in [-0.05, 0) is 43.7 Å². The van der Waals surface area contributed by atoms with Crippen molar-refractivity contribution >= 4 is 35.0 Å². The average molecular weight is 350 g/mol. The molecule has 0 unspecified atom stereocenters. The van der Waals surface area contributed by atoms with Crippen LogP contribution in [0.5, 0.6) is 5.75 Å². The number of aryl methyl sites for hydroxylation is 2. The standard InChI is InChI=1S/C18H20ClNO2S/c1-12-4-6-16(13(2)8-12)20-18(21)11-23-10-14-9-15(19)5-7-17(14)22-3/h4-9H,10-11H2,1-3H3,(H,20,21). The van der Waals surface area contributed by atoms with Crippen LogP contribution in [0.1, 0.15) is 16.7 Å². The third kappa shape index (κ3) is 5.19. The van der Waals surface area contributed by atoms with E-state index in [2.05, 4.69) is 11.4 Å². The second-order valence-electron chi connectivity index (χ2n) is 5.32. The fourth-order valence-electron chi connectivity index (χ4n) is 2.25. The second-order valence-corrected chi connectivity index (χ2v) is 6.74. The Labute approximate surface area is 146 Å². The van der Waals surface area contributed by atoms with Crippen LogP contribution in [0.4, 0.5) is 5.69 Å². The summed E-state index contributed by atoms with van der Waals surface area (Å²) in [5.41, 5.74) is 4.11. The van der Waals surface area contributed by atoms with Crippen LogP contribution in [-0.4, -0.2) is 18.8 Å². The van der Waals surface area contributed by atoms with Crippen molar-refractivity contribution in [3.05, 3.63) is 58.1 Å². The van der Waals surface area contributed by atoms with Gasteiger partial charge in [-0.15, -0.1) is 11.8 Å². The number of benzene rings is 2. The zero-order valence-electron chi connectivity index (χ0n) is 13.5. The minimum atomic E-state index is -0.0112. The van der Waals surface area contributed by atoms with E-state index in [9.17, 15) is 4.79 Å². The lowest BCUT2D eigenvalue weighted by molar-refractivity contribution is -0.113. The maximum atomic E-state index is 12.1. The highest BCUT2D eigenvalue weighted by atomic mass is 35.5. The van der Waals surface area contributed by atoms with Crippen LogP contribution in [-0.2, 0) is 10.5 Å². The lowest BCUT2D eigenvalue weighted by Gasteiger charge is -2.10. The van der Waals surface area contributed by atoms with Crippen LogP contribution in [0.2, 0.25) is 5.02 Å². The first-order valence-corrected chi connectivity index (χ1v) is 8.80. The third-order valence-corrected chi connectivity index (χ3v) is 4.61. The van der Waals surface area contributed by atoms with Gasteiger partial charge in [-0.2, -0.15) is 0 Å². The van der Waals surface area contributed by atoms with E-state index in [0.29, 0.717) is 16.5 Å². The molecule has 0 heterocycles. The first-order chi connectivity index (χ1) is 11.0. The van der Waals surface area contributed by atoms with Crippen molar-refractivity contribution in [3.63, 3.8) is 0 Å². The molecule has 0 atom stereocenters. The van der Waals surface area contributed by atoms with Gasteiger partial charge in [0.15, 0.2) is 0 Å². The predicted molar refractivity (Wildman–Crippen MR) is 98.7 cm³/mol. The number of hydrogen-bond donors (Lipinski definition) is 1. The Kier molecular flexibility index (Phi) is 6.37. The number of rotatable bonds is 6. The first-order valence-electron chi connectivity index (χ1n) is 7.27. The summed E-state index contributed by atoms with van der Waals surface area (Å²) in [6.07, 6.45) is 0. The zero-order valence-corrected chi connectivity index (χ0v) is 15.1. The summed E-state index contributed by atoms with van der Waals surface area (Å²) in [5, 5.41) is 3.61. The maximum absolute atomic E-state index is 12.1. The summed E-state index contributed by atoms with van der Waals surface area (Å²) in [4.78, 5) is 12.1. The smallest absolute Gasteiger partial charge is 0.234 e. The monoisotopic (exact) mass is 349 g/mol. The highest BCUT2D eigenvalue weighted by Gasteiger charge is 2.08. The predicted octanol–water partition coefficient (Wildman–Crippen LogP) is 4.84. The van der Waals surface area contributed by atoms with Crippen molar-refractivity contribution < 1.29 is 9.53 Å². The van der Waals surface area contributed by atoms with Crippen molar-refractivity contribution in [2.75, 3.05) is 18.2 Å². The van der Waals surface area contributed by atoms with Crippen LogP contribution in [0.15, 0.2) is 36.4 Å². The number of halogens is 1. The highest BCUT2D eigenvalue weighted by Crippen LogP contribution is 2.26. The van der Waals surface area contributed by atoms with Crippen LogP contribution < -0.4 is 10.1 Å². The molecular formula is C18H20ClNO2S. The molecular weight excluding hydrogens is 330 g/mol. The molecule has 1 amide bonds. The molecule has 0 aliphatic heterocycles. The van der Waals surface area contributed by atoms with Crippen LogP contribution in [0.3, 0.4) is 0 Å². The minimum absolute atomic E-state index is 0.0112. The van der Waals surface area contributed by atoms with Crippen molar-refractivity contribution in [1.82, 2.24) is 0 Å². The molecule has 0 aliphatic rings. The van der Waals surface area contributed by atoms with Crippen LogP contribution in [0, 0.1) is 13.8 Å². The summed E-state index contributed by atoms with van der Waals surface area (Å²) < 4.78 is 5.31. The number of ether oxygens (including phenoxy) is 1. The Morgan fingerprint density at radius 3 is 2.70 bits per heavy atom. The van der Waals surface area contributed by atoms with Gasteiger partial charge < -0.3 is 10.1 Å². The molecule has 0 aliphatic carbocycles. The number of amides is 1. The number of hydrogen-bond acceptors (Lipinski definition) is 3. The quantitative estimate of drug-likeness (QED) is 0.811. The highest BCUT2D eigenvalue weighted by molar-refractivity contribution is 7.99. The second kappa shape index (κ2) is 8.27. The Bertz CT molecular complexity index is 703. The minimum Gasteiger partial charge on any atom is -0.496 e. The SMILES string of the molecule is COc1ccc(Cl)cc1CSCC(=O)Nc1ccc(C)cc1C. The van der Waals surface area contributed by atoms with E-state index in [-0.39, 0.29) is 5.91 Å². The van der Waals surface area contributed by atoms with Gasteiger partial charge in [-0.25, -0.2) is 0 Å². The molecule has 0 bridgehead atoms. The van der Waals surface area contributed by atoms with E-state index in [1.807, 2.05) is 38.1 Å². The van der Waals surface area contributed by atoms with Crippen molar-refractivity contribution in [2.45, 2.75) is 19.6 Å². The molecule has 3 nitrogen and oxygen atoms in total. The number of thioether (sulfide) groups is 1. The lowest BCUT2D eigenvalue weighted by Crippen LogP contribution is -2.15. The molecule has 122 valence electrons. The van der Waals surface area contributed by atoms with Gasteiger partial charge in [0.25, 0.3) is 0 Å². The van der Waals surface area contributed by atoms with Gasteiger partial charge in [0.2, 0.25) is 5.91 Å². The Hall–Kier alpha value is -1.65. The molecule has 1 N–H and O–H groups in total. The zero-order chi connectivity index (χ0) is 16.8. The Morgan fingerprint density at radius 1 is 1.22 bits per heavy atom. The van der Waals surface area contributed by atoms with E-state index in [1.54, 1.807) is 13.2 Å². The Balaban J connectivity index is 1.89. The van der Waals surface area contributed by atoms with Crippen LogP contribution >= 0.6 is 23.4 Å².